The Morgan fingerprint density at radius 2 is 2.44 bits per heavy atom. The average molecular weight is 289 g/mol. The zero-order valence-electron chi connectivity index (χ0n) is 10.5. The highest BCUT2D eigenvalue weighted by Gasteiger charge is 2.26. The maximum atomic E-state index is 12.0. The van der Waals surface area contributed by atoms with Crippen LogP contribution in [0.15, 0.2) is 5.38 Å². The van der Waals surface area contributed by atoms with E-state index in [9.17, 15) is 8.42 Å². The lowest BCUT2D eigenvalue weighted by atomic mass is 10.2. The van der Waals surface area contributed by atoms with Crippen molar-refractivity contribution in [3.8, 4) is 0 Å². The van der Waals surface area contributed by atoms with Crippen LogP contribution in [-0.2, 0) is 16.4 Å². The van der Waals surface area contributed by atoms with E-state index < -0.39 is 10.0 Å². The van der Waals surface area contributed by atoms with Crippen LogP contribution in [-0.4, -0.2) is 38.3 Å². The minimum absolute atomic E-state index is 0.288. The largest absolute Gasteiger partial charge is 0.315 e. The van der Waals surface area contributed by atoms with Gasteiger partial charge in [-0.15, -0.1) is 11.3 Å². The van der Waals surface area contributed by atoms with Gasteiger partial charge in [-0.2, -0.15) is 0 Å². The first-order valence-corrected chi connectivity index (χ1v) is 8.61. The summed E-state index contributed by atoms with van der Waals surface area (Å²) in [5.41, 5.74) is 0.960. The molecule has 0 aromatic carbocycles. The molecule has 2 rings (SSSR count). The van der Waals surface area contributed by atoms with Gasteiger partial charge < -0.3 is 5.32 Å². The molecule has 0 saturated carbocycles. The van der Waals surface area contributed by atoms with E-state index in [1.165, 1.54) is 0 Å². The second-order valence-electron chi connectivity index (χ2n) is 4.52. The predicted molar refractivity (Wildman–Crippen MR) is 73.4 cm³/mol. The molecule has 0 amide bonds. The molecule has 1 aliphatic heterocycles. The van der Waals surface area contributed by atoms with E-state index >= 15 is 0 Å². The van der Waals surface area contributed by atoms with Crippen molar-refractivity contribution >= 4 is 21.4 Å². The van der Waals surface area contributed by atoms with Crippen molar-refractivity contribution in [2.24, 2.45) is 0 Å². The molecule has 0 radical (unpaired) electrons. The van der Waals surface area contributed by atoms with E-state index in [1.807, 2.05) is 12.3 Å². The van der Waals surface area contributed by atoms with Crippen LogP contribution in [0, 0.1) is 6.92 Å². The molecule has 2 heterocycles. The first kappa shape index (κ1) is 13.9. The third-order valence-electron chi connectivity index (χ3n) is 3.04. The van der Waals surface area contributed by atoms with Gasteiger partial charge in [0.1, 0.15) is 0 Å². The number of sulfonamides is 1. The van der Waals surface area contributed by atoms with E-state index in [0.717, 1.165) is 30.1 Å². The molecule has 0 bridgehead atoms. The second kappa shape index (κ2) is 6.10. The van der Waals surface area contributed by atoms with E-state index in [2.05, 4.69) is 15.0 Å². The molecule has 5 nitrogen and oxygen atoms in total. The lowest BCUT2D eigenvalue weighted by Gasteiger charge is -2.22. The summed E-state index contributed by atoms with van der Waals surface area (Å²) in [7, 11) is -3.18. The highest BCUT2D eigenvalue weighted by molar-refractivity contribution is 7.90. The fourth-order valence-electron chi connectivity index (χ4n) is 2.05. The van der Waals surface area contributed by atoms with E-state index in [4.69, 9.17) is 0 Å². The standard InChI is InChI=1S/C11H19N3O2S2/c1-9-14-10(8-17-9)4-6-13-18(15,16)11-3-2-5-12-7-11/h8,11-13H,2-7H2,1H3. The van der Waals surface area contributed by atoms with Crippen molar-refractivity contribution in [3.63, 3.8) is 0 Å². The van der Waals surface area contributed by atoms with Crippen LogP contribution in [0.25, 0.3) is 0 Å². The molecule has 1 unspecified atom stereocenters. The van der Waals surface area contributed by atoms with Crippen molar-refractivity contribution in [1.82, 2.24) is 15.0 Å². The number of hydrogen-bond acceptors (Lipinski definition) is 5. The molecule has 2 N–H and O–H groups in total. The number of rotatable bonds is 5. The van der Waals surface area contributed by atoms with Gasteiger partial charge in [0.2, 0.25) is 10.0 Å². The quantitative estimate of drug-likeness (QED) is 0.835. The molecule has 0 aliphatic carbocycles. The number of aryl methyl sites for hydroxylation is 1. The van der Waals surface area contributed by atoms with Crippen molar-refractivity contribution in [3.05, 3.63) is 16.1 Å². The van der Waals surface area contributed by atoms with Crippen LogP contribution in [0.3, 0.4) is 0 Å². The third-order valence-corrected chi connectivity index (χ3v) is 5.75. The van der Waals surface area contributed by atoms with Crippen molar-refractivity contribution < 1.29 is 8.42 Å². The SMILES string of the molecule is Cc1nc(CCNS(=O)(=O)C2CCCNC2)cs1. The fourth-order valence-corrected chi connectivity index (χ4v) is 4.13. The number of nitrogens with one attached hydrogen (secondary N) is 2. The van der Waals surface area contributed by atoms with Crippen molar-refractivity contribution in [1.29, 1.82) is 0 Å². The van der Waals surface area contributed by atoms with Gasteiger partial charge in [-0.25, -0.2) is 18.1 Å². The Labute approximate surface area is 112 Å². The maximum Gasteiger partial charge on any atom is 0.215 e. The Morgan fingerprint density at radius 1 is 1.61 bits per heavy atom. The first-order valence-electron chi connectivity index (χ1n) is 6.18. The molecular formula is C11H19N3O2S2. The zero-order chi connectivity index (χ0) is 13.0. The number of piperidine rings is 1. The summed E-state index contributed by atoms with van der Waals surface area (Å²) < 4.78 is 26.7. The summed E-state index contributed by atoms with van der Waals surface area (Å²) in [5, 5.41) is 5.83. The predicted octanol–water partition coefficient (Wildman–Crippen LogP) is 0.665. The van der Waals surface area contributed by atoms with Crippen LogP contribution < -0.4 is 10.0 Å². The summed E-state index contributed by atoms with van der Waals surface area (Å²) in [4.78, 5) is 4.31. The Kier molecular flexibility index (Phi) is 4.71. The van der Waals surface area contributed by atoms with Gasteiger partial charge in [0.05, 0.1) is 16.0 Å². The number of nitrogens with zero attached hydrogens (tertiary/aromatic N) is 1. The van der Waals surface area contributed by atoms with Crippen LogP contribution in [0.5, 0.6) is 0 Å². The number of hydrogen-bond donors (Lipinski definition) is 2. The smallest absolute Gasteiger partial charge is 0.215 e. The van der Waals surface area contributed by atoms with Gasteiger partial charge in [-0.1, -0.05) is 0 Å². The van der Waals surface area contributed by atoms with Gasteiger partial charge in [-0.3, -0.25) is 0 Å². The van der Waals surface area contributed by atoms with E-state index in [0.29, 0.717) is 19.5 Å². The zero-order valence-corrected chi connectivity index (χ0v) is 12.1. The van der Waals surface area contributed by atoms with Gasteiger partial charge in [-0.05, 0) is 26.3 Å². The molecule has 1 aromatic rings. The minimum atomic E-state index is -3.18. The summed E-state index contributed by atoms with van der Waals surface area (Å²) in [6.07, 6.45) is 2.33. The maximum absolute atomic E-state index is 12.0. The van der Waals surface area contributed by atoms with Crippen molar-refractivity contribution in [2.45, 2.75) is 31.4 Å². The lowest BCUT2D eigenvalue weighted by molar-refractivity contribution is 0.490. The molecule has 7 heteroatoms. The van der Waals surface area contributed by atoms with Crippen LogP contribution >= 0.6 is 11.3 Å². The summed E-state index contributed by atoms with van der Waals surface area (Å²) in [6.45, 7) is 3.86. The first-order chi connectivity index (χ1) is 8.58. The van der Waals surface area contributed by atoms with Gasteiger partial charge in [0.15, 0.2) is 0 Å². The number of thiazole rings is 1. The molecule has 1 atom stereocenters. The normalized spacial score (nSPS) is 21.1. The molecule has 1 saturated heterocycles. The Hall–Kier alpha value is -0.500. The third kappa shape index (κ3) is 3.74. The Balaban J connectivity index is 1.81. The highest BCUT2D eigenvalue weighted by atomic mass is 32.2. The summed E-state index contributed by atoms with van der Waals surface area (Å²) >= 11 is 1.59. The molecule has 1 aromatic heterocycles. The van der Waals surface area contributed by atoms with Crippen molar-refractivity contribution in [2.75, 3.05) is 19.6 Å². The van der Waals surface area contributed by atoms with Gasteiger partial charge in [0, 0.05) is 24.9 Å². The van der Waals surface area contributed by atoms with Gasteiger partial charge in [0.25, 0.3) is 0 Å². The highest BCUT2D eigenvalue weighted by Crippen LogP contribution is 2.11. The van der Waals surface area contributed by atoms with E-state index in [1.54, 1.807) is 11.3 Å². The van der Waals surface area contributed by atoms with Gasteiger partial charge >= 0.3 is 0 Å². The molecular weight excluding hydrogens is 270 g/mol. The van der Waals surface area contributed by atoms with Crippen LogP contribution in [0.1, 0.15) is 23.5 Å². The minimum Gasteiger partial charge on any atom is -0.315 e. The molecule has 18 heavy (non-hydrogen) atoms. The lowest BCUT2D eigenvalue weighted by Crippen LogP contribution is -2.44. The second-order valence-corrected chi connectivity index (χ2v) is 7.62. The Bertz CT molecular complexity index is 478. The molecule has 1 aliphatic rings. The molecule has 102 valence electrons. The fraction of sp³-hybridized carbons (Fsp3) is 0.727. The monoisotopic (exact) mass is 289 g/mol. The molecule has 0 spiro atoms. The number of aromatic nitrogens is 1. The Morgan fingerprint density at radius 3 is 3.06 bits per heavy atom. The van der Waals surface area contributed by atoms with E-state index in [-0.39, 0.29) is 5.25 Å². The summed E-state index contributed by atoms with van der Waals surface area (Å²) in [6, 6.07) is 0. The average Bonchev–Trinajstić information content (AvgIpc) is 2.76. The molecule has 1 fully saturated rings. The van der Waals surface area contributed by atoms with Crippen LogP contribution in [0.4, 0.5) is 0 Å². The van der Waals surface area contributed by atoms with Crippen LogP contribution in [0.2, 0.25) is 0 Å². The summed E-state index contributed by atoms with van der Waals surface area (Å²) in [5.74, 6) is 0. The topological polar surface area (TPSA) is 71.1 Å².